The summed E-state index contributed by atoms with van der Waals surface area (Å²) < 4.78 is 0. The molecule has 4 N–H and O–H groups in total. The molecule has 5 fully saturated rings. The van der Waals surface area contributed by atoms with Crippen molar-refractivity contribution < 1.29 is 25.2 Å². The summed E-state index contributed by atoms with van der Waals surface area (Å²) >= 11 is 0. The molecule has 0 aromatic rings. The molecule has 5 heteroatoms. The number of hydrogen-bond acceptors (Lipinski definition) is 4. The fourth-order valence-corrected chi connectivity index (χ4v) is 11.2. The smallest absolute Gasteiger partial charge is 0.312 e. The average Bonchev–Trinajstić information content (AvgIpc) is 3.40. The van der Waals surface area contributed by atoms with Crippen molar-refractivity contribution in [3.05, 3.63) is 12.2 Å². The van der Waals surface area contributed by atoms with Crippen LogP contribution in [0.1, 0.15) is 98.8 Å². The van der Waals surface area contributed by atoms with E-state index in [9.17, 15) is 25.2 Å². The van der Waals surface area contributed by atoms with Crippen LogP contribution in [0.3, 0.4) is 0 Å². The highest BCUT2D eigenvalue weighted by molar-refractivity contribution is 5.76. The molecular formula is C30H48O5. The van der Waals surface area contributed by atoms with Crippen LogP contribution in [0.5, 0.6) is 0 Å². The molecule has 0 aromatic carbocycles. The first-order valence-corrected chi connectivity index (χ1v) is 14.2. The van der Waals surface area contributed by atoms with Gasteiger partial charge >= 0.3 is 5.97 Å². The van der Waals surface area contributed by atoms with Gasteiger partial charge in [0.15, 0.2) is 0 Å². The van der Waals surface area contributed by atoms with Gasteiger partial charge in [-0.1, -0.05) is 32.9 Å². The Balaban J connectivity index is 1.43. The fourth-order valence-electron chi connectivity index (χ4n) is 11.2. The summed E-state index contributed by atoms with van der Waals surface area (Å²) in [7, 11) is 0. The summed E-state index contributed by atoms with van der Waals surface area (Å²) in [5.41, 5.74) is -0.244. The van der Waals surface area contributed by atoms with Crippen molar-refractivity contribution in [2.45, 2.75) is 117 Å². The Hall–Kier alpha value is -0.910. The SMILES string of the molecule is C=C(C)C(O)CCC(C)C1CCC2(C)C3CCC4C(C)(C(=O)O)C(O)CC(O)C45CC35CCC12C. The van der Waals surface area contributed by atoms with E-state index in [0.717, 1.165) is 50.5 Å². The lowest BCUT2D eigenvalue weighted by molar-refractivity contribution is -0.210. The third-order valence-electron chi connectivity index (χ3n) is 13.5. The second kappa shape index (κ2) is 7.80. The van der Waals surface area contributed by atoms with Crippen LogP contribution in [0.2, 0.25) is 0 Å². The van der Waals surface area contributed by atoms with E-state index in [1.54, 1.807) is 6.92 Å². The summed E-state index contributed by atoms with van der Waals surface area (Å²) in [6.07, 6.45) is 7.32. The Bertz CT molecular complexity index is 916. The number of carboxylic acid groups (broad SMARTS) is 1. The number of rotatable bonds is 6. The van der Waals surface area contributed by atoms with E-state index >= 15 is 0 Å². The highest BCUT2D eigenvalue weighted by Crippen LogP contribution is 2.89. The minimum atomic E-state index is -1.17. The monoisotopic (exact) mass is 488 g/mol. The van der Waals surface area contributed by atoms with Gasteiger partial charge in [0.05, 0.1) is 23.7 Å². The molecule has 2 spiro atoms. The molecular weight excluding hydrogens is 440 g/mol. The van der Waals surface area contributed by atoms with Crippen LogP contribution in [0.15, 0.2) is 12.2 Å². The van der Waals surface area contributed by atoms with Crippen molar-refractivity contribution in [3.63, 3.8) is 0 Å². The van der Waals surface area contributed by atoms with Gasteiger partial charge in [0.25, 0.3) is 0 Å². The van der Waals surface area contributed by atoms with Gasteiger partial charge in [-0.05, 0) is 112 Å². The molecule has 0 saturated heterocycles. The Kier molecular flexibility index (Phi) is 5.73. The van der Waals surface area contributed by atoms with Gasteiger partial charge in [-0.3, -0.25) is 4.79 Å². The molecule has 5 nitrogen and oxygen atoms in total. The van der Waals surface area contributed by atoms with E-state index in [4.69, 9.17) is 0 Å². The normalized spacial score (nSPS) is 54.0. The van der Waals surface area contributed by atoms with Gasteiger partial charge < -0.3 is 20.4 Å². The maximum Gasteiger partial charge on any atom is 0.312 e. The van der Waals surface area contributed by atoms with Gasteiger partial charge in [0.1, 0.15) is 0 Å². The molecule has 0 aromatic heterocycles. The molecule has 0 heterocycles. The van der Waals surface area contributed by atoms with Crippen molar-refractivity contribution in [2.24, 2.45) is 50.7 Å². The zero-order valence-electron chi connectivity index (χ0n) is 22.5. The number of aliphatic hydroxyl groups excluding tert-OH is 3. The van der Waals surface area contributed by atoms with E-state index < -0.39 is 29.7 Å². The number of hydrogen-bond donors (Lipinski definition) is 4. The molecule has 5 saturated carbocycles. The molecule has 12 unspecified atom stereocenters. The second-order valence-corrected chi connectivity index (χ2v) is 14.3. The van der Waals surface area contributed by atoms with Crippen LogP contribution in [0.25, 0.3) is 0 Å². The molecule has 5 aliphatic carbocycles. The van der Waals surface area contributed by atoms with Crippen molar-refractivity contribution >= 4 is 5.97 Å². The summed E-state index contributed by atoms with van der Waals surface area (Å²) in [4.78, 5) is 12.5. The third-order valence-corrected chi connectivity index (χ3v) is 13.5. The quantitative estimate of drug-likeness (QED) is 0.387. The van der Waals surface area contributed by atoms with Crippen LogP contribution < -0.4 is 0 Å². The molecule has 5 rings (SSSR count). The van der Waals surface area contributed by atoms with Crippen LogP contribution in [0.4, 0.5) is 0 Å². The number of carboxylic acids is 1. The van der Waals surface area contributed by atoms with E-state index in [1.807, 2.05) is 6.92 Å². The maximum absolute atomic E-state index is 12.5. The topological polar surface area (TPSA) is 98.0 Å². The third kappa shape index (κ3) is 2.95. The predicted octanol–water partition coefficient (Wildman–Crippen LogP) is 5.18. The first-order chi connectivity index (χ1) is 16.2. The summed E-state index contributed by atoms with van der Waals surface area (Å²) in [5, 5.41) is 42.8. The van der Waals surface area contributed by atoms with Crippen LogP contribution in [0, 0.1) is 50.7 Å². The first-order valence-electron chi connectivity index (χ1n) is 14.2. The van der Waals surface area contributed by atoms with Gasteiger partial charge in [0, 0.05) is 11.8 Å². The Morgan fingerprint density at radius 1 is 0.971 bits per heavy atom. The molecule has 35 heavy (non-hydrogen) atoms. The zero-order valence-corrected chi connectivity index (χ0v) is 22.5. The first kappa shape index (κ1) is 25.7. The minimum absolute atomic E-state index is 0.0225. The molecule has 0 radical (unpaired) electrons. The number of carbonyl (C=O) groups is 1. The lowest BCUT2D eigenvalue weighted by Crippen LogP contribution is -2.63. The number of fused-ring (bicyclic) bond motifs is 2. The van der Waals surface area contributed by atoms with Gasteiger partial charge in [-0.15, -0.1) is 0 Å². The predicted molar refractivity (Wildman–Crippen MR) is 135 cm³/mol. The minimum Gasteiger partial charge on any atom is -0.481 e. The van der Waals surface area contributed by atoms with Crippen molar-refractivity contribution in [3.8, 4) is 0 Å². The van der Waals surface area contributed by atoms with E-state index in [-0.39, 0.29) is 34.0 Å². The largest absolute Gasteiger partial charge is 0.481 e. The highest BCUT2D eigenvalue weighted by Gasteiger charge is 2.85. The van der Waals surface area contributed by atoms with Gasteiger partial charge in [-0.25, -0.2) is 0 Å². The van der Waals surface area contributed by atoms with Crippen LogP contribution in [-0.2, 0) is 4.79 Å². The molecule has 5 aliphatic rings. The van der Waals surface area contributed by atoms with E-state index in [1.165, 1.54) is 12.8 Å². The van der Waals surface area contributed by atoms with Crippen molar-refractivity contribution in [1.82, 2.24) is 0 Å². The van der Waals surface area contributed by atoms with Gasteiger partial charge in [0.2, 0.25) is 0 Å². The summed E-state index contributed by atoms with van der Waals surface area (Å²) in [6, 6.07) is 0. The fraction of sp³-hybridized carbons (Fsp3) is 0.900. The van der Waals surface area contributed by atoms with Crippen LogP contribution >= 0.6 is 0 Å². The lowest BCUT2D eigenvalue weighted by atomic mass is 9.41. The highest BCUT2D eigenvalue weighted by atomic mass is 16.4. The Morgan fingerprint density at radius 3 is 2.26 bits per heavy atom. The Morgan fingerprint density at radius 2 is 1.63 bits per heavy atom. The van der Waals surface area contributed by atoms with Crippen molar-refractivity contribution in [2.75, 3.05) is 0 Å². The molecule has 0 amide bonds. The van der Waals surface area contributed by atoms with Crippen molar-refractivity contribution in [1.29, 1.82) is 0 Å². The van der Waals surface area contributed by atoms with E-state index in [0.29, 0.717) is 17.8 Å². The lowest BCUT2D eigenvalue weighted by Gasteiger charge is -2.63. The van der Waals surface area contributed by atoms with E-state index in [2.05, 4.69) is 27.4 Å². The molecule has 12 atom stereocenters. The summed E-state index contributed by atoms with van der Waals surface area (Å²) in [6.45, 7) is 15.0. The average molecular weight is 489 g/mol. The zero-order chi connectivity index (χ0) is 25.8. The summed E-state index contributed by atoms with van der Waals surface area (Å²) in [5.74, 6) is 0.610. The maximum atomic E-state index is 12.5. The Labute approximate surface area is 211 Å². The van der Waals surface area contributed by atoms with Gasteiger partial charge in [-0.2, -0.15) is 0 Å². The molecule has 0 bridgehead atoms. The molecule has 198 valence electrons. The number of aliphatic carboxylic acids is 1. The standard InChI is InChI=1S/C30H48O5/c1-17(2)20(31)8-7-18(3)19-11-12-27(5)21-9-10-22-28(6,25(34)35)23(32)15-24(33)30(22)16-29(21,30)14-13-26(19,27)4/h18-24,31-33H,1,7-16H2,2-6H3,(H,34,35). The number of aliphatic hydroxyl groups is 3. The van der Waals surface area contributed by atoms with Crippen LogP contribution in [-0.4, -0.2) is 44.7 Å². The second-order valence-electron chi connectivity index (χ2n) is 14.3. The molecule has 0 aliphatic heterocycles.